The number of hydrogen-bond donors (Lipinski definition) is 0. The van der Waals surface area contributed by atoms with E-state index < -0.39 is 0 Å². The Morgan fingerprint density at radius 2 is 1.90 bits per heavy atom. The topological polar surface area (TPSA) is 51.7 Å². The Bertz CT molecular complexity index is 943. The molecule has 2 aromatic carbocycles. The number of thiazole rings is 1. The lowest BCUT2D eigenvalue weighted by Crippen LogP contribution is -2.31. The van der Waals surface area contributed by atoms with E-state index in [1.165, 1.54) is 12.5 Å². The van der Waals surface area contributed by atoms with Crippen LogP contribution in [0.5, 0.6) is 5.75 Å². The summed E-state index contributed by atoms with van der Waals surface area (Å²) in [5, 5.41) is 1.81. The van der Waals surface area contributed by atoms with Crippen molar-refractivity contribution in [1.82, 2.24) is 9.88 Å². The monoisotopic (exact) mass is 432 g/mol. The molecule has 1 aromatic heterocycles. The number of rotatable bonds is 10. The lowest BCUT2D eigenvalue weighted by Gasteiger charge is -2.20. The maximum Gasteiger partial charge on any atom is 0.302 e. The third-order valence-electron chi connectivity index (χ3n) is 4.51. The van der Waals surface area contributed by atoms with E-state index in [2.05, 4.69) is 11.8 Å². The highest BCUT2D eigenvalue weighted by molar-refractivity contribution is 7.18. The van der Waals surface area contributed by atoms with Crippen molar-refractivity contribution < 1.29 is 14.3 Å². The fourth-order valence-electron chi connectivity index (χ4n) is 2.93. The number of fused-ring (bicyclic) bond motifs is 1. The number of ether oxygens (including phenoxy) is 2. The van der Waals surface area contributed by atoms with Gasteiger partial charge >= 0.3 is 5.97 Å². The van der Waals surface area contributed by atoms with Gasteiger partial charge in [-0.05, 0) is 42.4 Å². The number of likely N-dealkylation sites (N-methyl/N-ethyl adjacent to an activating group) is 1. The highest BCUT2D eigenvalue weighted by atomic mass is 35.5. The third-order valence-corrected chi connectivity index (χ3v) is 5.78. The van der Waals surface area contributed by atoms with E-state index >= 15 is 0 Å². The lowest BCUT2D eigenvalue weighted by atomic mass is 10.2. The molecule has 154 valence electrons. The smallest absolute Gasteiger partial charge is 0.302 e. The molecule has 0 unspecified atom stereocenters. The summed E-state index contributed by atoms with van der Waals surface area (Å²) in [4.78, 5) is 17.8. The molecule has 0 atom stereocenters. The van der Waals surface area contributed by atoms with Crippen LogP contribution < -0.4 is 4.74 Å². The number of benzene rings is 2. The summed E-state index contributed by atoms with van der Waals surface area (Å²) in [6, 6.07) is 13.9. The van der Waals surface area contributed by atoms with Crippen LogP contribution in [0.2, 0.25) is 5.02 Å². The molecule has 0 amide bonds. The Hall–Kier alpha value is -2.15. The van der Waals surface area contributed by atoms with Gasteiger partial charge in [0.1, 0.15) is 19.0 Å². The van der Waals surface area contributed by atoms with Crippen molar-refractivity contribution in [2.75, 3.05) is 32.8 Å². The van der Waals surface area contributed by atoms with Crippen LogP contribution in [-0.4, -0.2) is 48.7 Å². The SMILES string of the molecule is CCN(CCOC(C)=O)CCOc1ccc2nc(Cc3ccc(Cl)cc3)sc2c1. The Morgan fingerprint density at radius 3 is 2.62 bits per heavy atom. The minimum atomic E-state index is -0.245. The molecule has 7 heteroatoms. The van der Waals surface area contributed by atoms with Crippen LogP contribution in [0.1, 0.15) is 24.4 Å². The van der Waals surface area contributed by atoms with Gasteiger partial charge in [-0.15, -0.1) is 11.3 Å². The van der Waals surface area contributed by atoms with Gasteiger partial charge < -0.3 is 9.47 Å². The molecule has 0 aliphatic heterocycles. The first-order valence-corrected chi connectivity index (χ1v) is 10.9. The summed E-state index contributed by atoms with van der Waals surface area (Å²) in [7, 11) is 0. The summed E-state index contributed by atoms with van der Waals surface area (Å²) < 4.78 is 12.1. The summed E-state index contributed by atoms with van der Waals surface area (Å²) in [5.74, 6) is 0.598. The average molecular weight is 433 g/mol. The number of nitrogens with zero attached hydrogens (tertiary/aromatic N) is 2. The molecule has 0 radical (unpaired) electrons. The van der Waals surface area contributed by atoms with Crippen LogP contribution in [0.25, 0.3) is 10.2 Å². The van der Waals surface area contributed by atoms with Crippen LogP contribution in [0.15, 0.2) is 42.5 Å². The zero-order valence-corrected chi connectivity index (χ0v) is 18.3. The molecular weight excluding hydrogens is 408 g/mol. The third kappa shape index (κ3) is 6.70. The fraction of sp³-hybridized carbons (Fsp3) is 0.364. The second-order valence-corrected chi connectivity index (χ2v) is 8.21. The van der Waals surface area contributed by atoms with Gasteiger partial charge in [0.25, 0.3) is 0 Å². The van der Waals surface area contributed by atoms with Gasteiger partial charge in [0.2, 0.25) is 0 Å². The summed E-state index contributed by atoms with van der Waals surface area (Å²) in [6.45, 7) is 6.87. The quantitative estimate of drug-likeness (QED) is 0.430. The van der Waals surface area contributed by atoms with Crippen LogP contribution in [0.3, 0.4) is 0 Å². The van der Waals surface area contributed by atoms with E-state index in [-0.39, 0.29) is 5.97 Å². The minimum absolute atomic E-state index is 0.245. The van der Waals surface area contributed by atoms with Crippen molar-refractivity contribution in [3.63, 3.8) is 0 Å². The zero-order valence-electron chi connectivity index (χ0n) is 16.7. The van der Waals surface area contributed by atoms with E-state index in [0.717, 1.165) is 45.5 Å². The molecular formula is C22H25ClN2O3S. The first-order valence-electron chi connectivity index (χ1n) is 9.66. The molecule has 1 heterocycles. The number of carbonyl (C=O) groups excluding carboxylic acids is 1. The van der Waals surface area contributed by atoms with Gasteiger partial charge in [0.05, 0.1) is 15.2 Å². The molecule has 0 aliphatic carbocycles. The number of halogens is 1. The van der Waals surface area contributed by atoms with E-state index in [1.807, 2.05) is 42.5 Å². The van der Waals surface area contributed by atoms with Gasteiger partial charge in [-0.2, -0.15) is 0 Å². The first kappa shape index (κ1) is 21.6. The predicted octanol–water partition coefficient (Wildman–Crippen LogP) is 4.80. The Morgan fingerprint density at radius 1 is 1.14 bits per heavy atom. The van der Waals surface area contributed by atoms with E-state index in [0.29, 0.717) is 19.8 Å². The average Bonchev–Trinajstić information content (AvgIpc) is 3.10. The molecule has 3 rings (SSSR count). The summed E-state index contributed by atoms with van der Waals surface area (Å²) >= 11 is 7.64. The second-order valence-electron chi connectivity index (χ2n) is 6.66. The molecule has 0 bridgehead atoms. The van der Waals surface area contributed by atoms with Gasteiger partial charge in [0, 0.05) is 31.5 Å². The Kier molecular flexibility index (Phi) is 7.86. The largest absolute Gasteiger partial charge is 0.492 e. The van der Waals surface area contributed by atoms with E-state index in [1.54, 1.807) is 11.3 Å². The van der Waals surface area contributed by atoms with Crippen molar-refractivity contribution in [2.45, 2.75) is 20.3 Å². The highest BCUT2D eigenvalue weighted by Gasteiger charge is 2.08. The molecule has 0 fully saturated rings. The van der Waals surface area contributed by atoms with E-state index in [4.69, 9.17) is 26.1 Å². The molecule has 0 N–H and O–H groups in total. The molecule has 0 saturated carbocycles. The van der Waals surface area contributed by atoms with Crippen molar-refractivity contribution >= 4 is 39.1 Å². The maximum atomic E-state index is 10.9. The van der Waals surface area contributed by atoms with Crippen molar-refractivity contribution in [1.29, 1.82) is 0 Å². The number of aromatic nitrogens is 1. The van der Waals surface area contributed by atoms with Crippen LogP contribution in [-0.2, 0) is 16.0 Å². The number of carbonyl (C=O) groups is 1. The molecule has 29 heavy (non-hydrogen) atoms. The standard InChI is InChI=1S/C22H25ClN2O3S/c1-3-25(10-12-27-16(2)26)11-13-28-19-8-9-20-21(15-19)29-22(24-20)14-17-4-6-18(23)7-5-17/h4-9,15H,3,10-14H2,1-2H3. The lowest BCUT2D eigenvalue weighted by molar-refractivity contribution is -0.141. The maximum absolute atomic E-state index is 10.9. The normalized spacial score (nSPS) is 11.2. The molecule has 0 spiro atoms. The zero-order chi connectivity index (χ0) is 20.6. The second kappa shape index (κ2) is 10.6. The summed E-state index contributed by atoms with van der Waals surface area (Å²) in [6.07, 6.45) is 0.792. The van der Waals surface area contributed by atoms with Gasteiger partial charge in [-0.3, -0.25) is 9.69 Å². The minimum Gasteiger partial charge on any atom is -0.492 e. The molecule has 0 saturated heterocycles. The first-order chi connectivity index (χ1) is 14.0. The molecule has 5 nitrogen and oxygen atoms in total. The Balaban J connectivity index is 1.54. The number of hydrogen-bond acceptors (Lipinski definition) is 6. The van der Waals surface area contributed by atoms with Crippen LogP contribution in [0.4, 0.5) is 0 Å². The van der Waals surface area contributed by atoms with Crippen molar-refractivity contribution in [3.8, 4) is 5.75 Å². The molecule has 0 aliphatic rings. The van der Waals surface area contributed by atoms with Crippen molar-refractivity contribution in [3.05, 3.63) is 58.1 Å². The van der Waals surface area contributed by atoms with Gasteiger partial charge in [0.15, 0.2) is 0 Å². The van der Waals surface area contributed by atoms with Crippen LogP contribution >= 0.6 is 22.9 Å². The van der Waals surface area contributed by atoms with Gasteiger partial charge in [-0.1, -0.05) is 30.7 Å². The van der Waals surface area contributed by atoms with Crippen LogP contribution in [0, 0.1) is 0 Å². The Labute approximate surface area is 180 Å². The highest BCUT2D eigenvalue weighted by Crippen LogP contribution is 2.28. The molecule has 3 aromatic rings. The fourth-order valence-corrected chi connectivity index (χ4v) is 4.09. The predicted molar refractivity (Wildman–Crippen MR) is 118 cm³/mol. The summed E-state index contributed by atoms with van der Waals surface area (Å²) in [5.41, 5.74) is 2.18. The number of esters is 1. The van der Waals surface area contributed by atoms with Crippen molar-refractivity contribution in [2.24, 2.45) is 0 Å². The van der Waals surface area contributed by atoms with E-state index in [9.17, 15) is 4.79 Å². The van der Waals surface area contributed by atoms with Gasteiger partial charge in [-0.25, -0.2) is 4.98 Å².